The van der Waals surface area contributed by atoms with Gasteiger partial charge in [-0.25, -0.2) is 13.1 Å². The van der Waals surface area contributed by atoms with Crippen LogP contribution in [-0.4, -0.2) is 21.5 Å². The molecule has 0 aromatic heterocycles. The van der Waals surface area contributed by atoms with E-state index in [4.69, 9.17) is 0 Å². The van der Waals surface area contributed by atoms with Gasteiger partial charge in [0.2, 0.25) is 10.0 Å². The fourth-order valence-electron chi connectivity index (χ4n) is 2.85. The Morgan fingerprint density at radius 1 is 1.00 bits per heavy atom. The van der Waals surface area contributed by atoms with Crippen LogP contribution in [0.15, 0.2) is 59.5 Å². The fraction of sp³-hybridized carbons (Fsp3) is 0.381. The van der Waals surface area contributed by atoms with E-state index in [1.165, 1.54) is 7.11 Å². The summed E-state index contributed by atoms with van der Waals surface area (Å²) in [6.45, 7) is 1.92. The van der Waals surface area contributed by atoms with Gasteiger partial charge in [0.25, 0.3) is 0 Å². The highest BCUT2D eigenvalue weighted by Crippen LogP contribution is 2.23. The summed E-state index contributed by atoms with van der Waals surface area (Å²) in [4.78, 5) is 11.4. The molecule has 0 bridgehead atoms. The second kappa shape index (κ2) is 10.2. The summed E-state index contributed by atoms with van der Waals surface area (Å²) in [7, 11) is -2.23. The Morgan fingerprint density at radius 2 is 1.67 bits per heavy atom. The molecular weight excluding hydrogens is 362 g/mol. The molecule has 0 fully saturated rings. The summed E-state index contributed by atoms with van der Waals surface area (Å²) >= 11 is 0. The molecule has 0 aliphatic heterocycles. The van der Waals surface area contributed by atoms with Crippen LogP contribution in [0.25, 0.3) is 0 Å². The summed E-state index contributed by atoms with van der Waals surface area (Å²) in [6, 6.07) is 16.1. The standard InChI is InChI=1S/C21H27NO4S/c1-17-13-15-19(16-14-17)27(24,25)22-20(18-9-5-3-6-10-18)11-7-4-8-12-21(23)26-2/h3,5-6,9-10,13-16,20,22H,4,7-8,11-12H2,1-2H3. The molecule has 27 heavy (non-hydrogen) atoms. The molecule has 0 radical (unpaired) electrons. The fourth-order valence-corrected chi connectivity index (χ4v) is 4.11. The van der Waals surface area contributed by atoms with Crippen LogP contribution < -0.4 is 4.72 Å². The summed E-state index contributed by atoms with van der Waals surface area (Å²) in [6.07, 6.45) is 3.44. The first-order chi connectivity index (χ1) is 12.9. The van der Waals surface area contributed by atoms with Crippen molar-refractivity contribution in [3.05, 3.63) is 65.7 Å². The number of unbranched alkanes of at least 4 members (excludes halogenated alkanes) is 2. The topological polar surface area (TPSA) is 72.5 Å². The van der Waals surface area contributed by atoms with Gasteiger partial charge in [0.1, 0.15) is 0 Å². The van der Waals surface area contributed by atoms with E-state index in [2.05, 4.69) is 9.46 Å². The molecule has 1 unspecified atom stereocenters. The normalized spacial score (nSPS) is 12.5. The van der Waals surface area contributed by atoms with E-state index in [1.807, 2.05) is 37.3 Å². The number of carbonyl (C=O) groups is 1. The van der Waals surface area contributed by atoms with Gasteiger partial charge in [-0.2, -0.15) is 0 Å². The molecule has 0 saturated heterocycles. The highest BCUT2D eigenvalue weighted by atomic mass is 32.2. The Labute approximate surface area is 161 Å². The Hall–Kier alpha value is -2.18. The monoisotopic (exact) mass is 389 g/mol. The van der Waals surface area contributed by atoms with Gasteiger partial charge in [-0.3, -0.25) is 4.79 Å². The van der Waals surface area contributed by atoms with Crippen LogP contribution in [0.4, 0.5) is 0 Å². The Morgan fingerprint density at radius 3 is 2.30 bits per heavy atom. The highest BCUT2D eigenvalue weighted by molar-refractivity contribution is 7.89. The van der Waals surface area contributed by atoms with Crippen LogP contribution in [0, 0.1) is 6.92 Å². The van der Waals surface area contributed by atoms with Gasteiger partial charge < -0.3 is 4.74 Å². The zero-order valence-corrected chi connectivity index (χ0v) is 16.7. The number of hydrogen-bond donors (Lipinski definition) is 1. The lowest BCUT2D eigenvalue weighted by molar-refractivity contribution is -0.140. The van der Waals surface area contributed by atoms with Crippen molar-refractivity contribution in [1.82, 2.24) is 4.72 Å². The van der Waals surface area contributed by atoms with Crippen LogP contribution in [0.1, 0.15) is 49.3 Å². The first-order valence-corrected chi connectivity index (χ1v) is 10.6. The van der Waals surface area contributed by atoms with Crippen molar-refractivity contribution in [2.75, 3.05) is 7.11 Å². The molecule has 0 aliphatic carbocycles. The number of hydrogen-bond acceptors (Lipinski definition) is 4. The average Bonchev–Trinajstić information content (AvgIpc) is 2.67. The number of ether oxygens (including phenoxy) is 1. The molecule has 0 saturated carbocycles. The molecule has 2 aromatic carbocycles. The van der Waals surface area contributed by atoms with Crippen molar-refractivity contribution >= 4 is 16.0 Å². The molecule has 0 amide bonds. The number of carbonyl (C=O) groups excluding carboxylic acids is 1. The van der Waals surface area contributed by atoms with Crippen LogP contribution in [-0.2, 0) is 19.6 Å². The molecule has 5 nitrogen and oxygen atoms in total. The van der Waals surface area contributed by atoms with Gasteiger partial charge in [0, 0.05) is 12.5 Å². The Kier molecular flexibility index (Phi) is 8.00. The third-order valence-corrected chi connectivity index (χ3v) is 5.92. The molecular formula is C21H27NO4S. The van der Waals surface area contributed by atoms with Crippen LogP contribution in [0.2, 0.25) is 0 Å². The van der Waals surface area contributed by atoms with Gasteiger partial charge >= 0.3 is 5.97 Å². The molecule has 2 aromatic rings. The summed E-state index contributed by atoms with van der Waals surface area (Å²) in [5.74, 6) is -0.213. The van der Waals surface area contributed by atoms with Crippen LogP contribution in [0.3, 0.4) is 0 Å². The van der Waals surface area contributed by atoms with E-state index in [0.717, 1.165) is 30.4 Å². The van der Waals surface area contributed by atoms with E-state index in [-0.39, 0.29) is 16.9 Å². The number of benzene rings is 2. The van der Waals surface area contributed by atoms with E-state index < -0.39 is 10.0 Å². The number of esters is 1. The Balaban J connectivity index is 2.04. The van der Waals surface area contributed by atoms with Crippen LogP contribution >= 0.6 is 0 Å². The average molecular weight is 390 g/mol. The number of rotatable bonds is 10. The second-order valence-corrected chi connectivity index (χ2v) is 8.29. The molecule has 2 rings (SSSR count). The van der Waals surface area contributed by atoms with Gasteiger partial charge in [-0.1, -0.05) is 60.9 Å². The SMILES string of the molecule is COC(=O)CCCCCC(NS(=O)(=O)c1ccc(C)cc1)c1ccccc1. The first-order valence-electron chi connectivity index (χ1n) is 9.13. The number of sulfonamides is 1. The lowest BCUT2D eigenvalue weighted by Crippen LogP contribution is -2.28. The quantitative estimate of drug-likeness (QED) is 0.490. The van der Waals surface area contributed by atoms with Crippen LogP contribution in [0.5, 0.6) is 0 Å². The molecule has 0 aliphatic rings. The van der Waals surface area contributed by atoms with E-state index in [1.54, 1.807) is 24.3 Å². The smallest absolute Gasteiger partial charge is 0.305 e. The highest BCUT2D eigenvalue weighted by Gasteiger charge is 2.21. The maximum atomic E-state index is 12.8. The Bertz CT molecular complexity index is 817. The van der Waals surface area contributed by atoms with Crippen molar-refractivity contribution in [3.8, 4) is 0 Å². The van der Waals surface area contributed by atoms with Gasteiger partial charge in [-0.05, 0) is 37.5 Å². The first kappa shape index (κ1) is 21.1. The van der Waals surface area contributed by atoms with Crippen molar-refractivity contribution in [1.29, 1.82) is 0 Å². The minimum atomic E-state index is -3.61. The number of nitrogens with one attached hydrogen (secondary N) is 1. The molecule has 146 valence electrons. The van der Waals surface area contributed by atoms with Gasteiger partial charge in [0.05, 0.1) is 12.0 Å². The largest absolute Gasteiger partial charge is 0.469 e. The molecule has 0 spiro atoms. The summed E-state index contributed by atoms with van der Waals surface area (Å²) < 4.78 is 33.0. The second-order valence-electron chi connectivity index (χ2n) is 6.57. The molecule has 1 N–H and O–H groups in total. The zero-order chi connectivity index (χ0) is 19.7. The third-order valence-electron chi connectivity index (χ3n) is 4.43. The van der Waals surface area contributed by atoms with E-state index in [0.29, 0.717) is 12.8 Å². The van der Waals surface area contributed by atoms with Crippen molar-refractivity contribution in [2.24, 2.45) is 0 Å². The summed E-state index contributed by atoms with van der Waals surface area (Å²) in [5.41, 5.74) is 1.94. The maximum absolute atomic E-state index is 12.8. The number of aryl methyl sites for hydroxylation is 1. The van der Waals surface area contributed by atoms with Gasteiger partial charge in [-0.15, -0.1) is 0 Å². The number of methoxy groups -OCH3 is 1. The lowest BCUT2D eigenvalue weighted by Gasteiger charge is -2.19. The van der Waals surface area contributed by atoms with E-state index >= 15 is 0 Å². The minimum Gasteiger partial charge on any atom is -0.469 e. The predicted octanol–water partition coefficient (Wildman–Crippen LogP) is 4.14. The maximum Gasteiger partial charge on any atom is 0.305 e. The zero-order valence-electron chi connectivity index (χ0n) is 15.9. The predicted molar refractivity (Wildman–Crippen MR) is 106 cm³/mol. The summed E-state index contributed by atoms with van der Waals surface area (Å²) in [5, 5.41) is 0. The van der Waals surface area contributed by atoms with Crippen molar-refractivity contribution < 1.29 is 17.9 Å². The van der Waals surface area contributed by atoms with E-state index in [9.17, 15) is 13.2 Å². The lowest BCUT2D eigenvalue weighted by atomic mass is 10.0. The third kappa shape index (κ3) is 6.81. The molecule has 0 heterocycles. The minimum absolute atomic E-state index is 0.213. The van der Waals surface area contributed by atoms with Crippen molar-refractivity contribution in [3.63, 3.8) is 0 Å². The molecule has 1 atom stereocenters. The van der Waals surface area contributed by atoms with Crippen molar-refractivity contribution in [2.45, 2.75) is 50.0 Å². The molecule has 6 heteroatoms. The van der Waals surface area contributed by atoms with Gasteiger partial charge in [0.15, 0.2) is 0 Å².